The molecule has 0 radical (unpaired) electrons. The molecule has 0 heterocycles. The highest BCUT2D eigenvalue weighted by atomic mass is 16.7. The molecule has 0 aromatic carbocycles. The second kappa shape index (κ2) is 13.2. The zero-order chi connectivity index (χ0) is 20.1. The van der Waals surface area contributed by atoms with Crippen molar-refractivity contribution in [2.75, 3.05) is 20.3 Å². The minimum Gasteiger partial charge on any atom is -0.463 e. The third kappa shape index (κ3) is 11.5. The van der Waals surface area contributed by atoms with Crippen LogP contribution in [-0.4, -0.2) is 61.6 Å². The lowest BCUT2D eigenvalue weighted by Gasteiger charge is -2.18. The predicted molar refractivity (Wildman–Crippen MR) is 92.6 cm³/mol. The summed E-state index contributed by atoms with van der Waals surface area (Å²) in [4.78, 5) is 50.0. The number of aldehydes is 1. The first-order chi connectivity index (χ1) is 12.2. The molecule has 0 saturated heterocycles. The van der Waals surface area contributed by atoms with Crippen molar-refractivity contribution in [3.05, 3.63) is 0 Å². The molecule has 1 amide bonds. The summed E-state index contributed by atoms with van der Waals surface area (Å²) in [5.41, 5.74) is 5.65. The van der Waals surface area contributed by atoms with E-state index in [0.29, 0.717) is 18.8 Å². The first-order valence-electron chi connectivity index (χ1n) is 8.62. The van der Waals surface area contributed by atoms with E-state index in [1.165, 1.54) is 7.05 Å². The van der Waals surface area contributed by atoms with Crippen LogP contribution in [0.3, 0.4) is 0 Å². The maximum absolute atomic E-state index is 11.8. The Labute approximate surface area is 154 Å². The third-order valence-electron chi connectivity index (χ3n) is 3.21. The molecule has 0 aromatic rings. The number of rotatable bonds is 12. The van der Waals surface area contributed by atoms with Gasteiger partial charge in [0.2, 0.25) is 0 Å². The van der Waals surface area contributed by atoms with Crippen molar-refractivity contribution in [2.24, 2.45) is 11.7 Å². The van der Waals surface area contributed by atoms with E-state index in [-0.39, 0.29) is 38.4 Å². The van der Waals surface area contributed by atoms with E-state index in [9.17, 15) is 19.2 Å². The van der Waals surface area contributed by atoms with Gasteiger partial charge < -0.3 is 24.8 Å². The molecule has 0 fully saturated rings. The molecule has 9 heteroatoms. The summed E-state index contributed by atoms with van der Waals surface area (Å²) >= 11 is 0. The molecule has 0 aliphatic carbocycles. The molecular formula is C17H30N2O7. The lowest BCUT2D eigenvalue weighted by atomic mass is 10.2. The number of nitrogens with zero attached hydrogens (tertiary/aromatic N) is 1. The number of carbonyl (C=O) groups excluding carboxylic acids is 4. The van der Waals surface area contributed by atoms with Gasteiger partial charge in [0.05, 0.1) is 6.10 Å². The highest BCUT2D eigenvalue weighted by molar-refractivity contribution is 5.81. The minimum absolute atomic E-state index is 0.0231. The SMILES string of the molecule is CC(C)COC(C)COC(=O)CCC(N)C(=O)ON(C)C(=O)CCC=O. The largest absolute Gasteiger partial charge is 0.463 e. The molecule has 0 aliphatic rings. The van der Waals surface area contributed by atoms with Gasteiger partial charge >= 0.3 is 11.9 Å². The van der Waals surface area contributed by atoms with Gasteiger partial charge in [-0.3, -0.25) is 9.59 Å². The number of carbonyl (C=O) groups is 4. The molecule has 0 bridgehead atoms. The van der Waals surface area contributed by atoms with Gasteiger partial charge in [0, 0.05) is 32.9 Å². The van der Waals surface area contributed by atoms with Gasteiger partial charge in [-0.2, -0.15) is 5.06 Å². The Bertz CT molecular complexity index is 468. The fourth-order valence-corrected chi connectivity index (χ4v) is 1.67. The Morgan fingerprint density at radius 3 is 2.35 bits per heavy atom. The van der Waals surface area contributed by atoms with Gasteiger partial charge in [-0.1, -0.05) is 13.8 Å². The van der Waals surface area contributed by atoms with E-state index < -0.39 is 23.9 Å². The Hall–Kier alpha value is -2.00. The molecule has 0 aliphatic heterocycles. The molecule has 0 spiro atoms. The molecule has 0 aromatic heterocycles. The number of nitrogens with two attached hydrogens (primary N) is 1. The number of hydroxylamine groups is 2. The van der Waals surface area contributed by atoms with Crippen LogP contribution in [0.1, 0.15) is 46.5 Å². The highest BCUT2D eigenvalue weighted by Gasteiger charge is 2.21. The average molecular weight is 374 g/mol. The van der Waals surface area contributed by atoms with E-state index in [2.05, 4.69) is 0 Å². The fourth-order valence-electron chi connectivity index (χ4n) is 1.67. The van der Waals surface area contributed by atoms with Crippen LogP contribution >= 0.6 is 0 Å². The molecule has 2 atom stereocenters. The van der Waals surface area contributed by atoms with E-state index >= 15 is 0 Å². The maximum atomic E-state index is 11.8. The van der Waals surface area contributed by atoms with Crippen molar-refractivity contribution in [2.45, 2.75) is 58.6 Å². The Balaban J connectivity index is 4.05. The minimum atomic E-state index is -1.07. The quantitative estimate of drug-likeness (QED) is 0.299. The molecule has 0 saturated carbocycles. The fraction of sp³-hybridized carbons (Fsp3) is 0.765. The topological polar surface area (TPSA) is 125 Å². The van der Waals surface area contributed by atoms with Crippen molar-refractivity contribution in [1.82, 2.24) is 5.06 Å². The van der Waals surface area contributed by atoms with Gasteiger partial charge in [-0.25, -0.2) is 4.79 Å². The molecule has 0 rings (SSSR count). The molecular weight excluding hydrogens is 344 g/mol. The number of hydrogen-bond acceptors (Lipinski definition) is 8. The number of esters is 1. The Morgan fingerprint density at radius 1 is 1.12 bits per heavy atom. The summed E-state index contributed by atoms with van der Waals surface area (Å²) in [6.45, 7) is 6.54. The summed E-state index contributed by atoms with van der Waals surface area (Å²) in [5.74, 6) is -1.47. The zero-order valence-corrected chi connectivity index (χ0v) is 15.9. The van der Waals surface area contributed by atoms with Crippen molar-refractivity contribution in [3.63, 3.8) is 0 Å². The van der Waals surface area contributed by atoms with Gasteiger partial charge in [-0.05, 0) is 19.3 Å². The van der Waals surface area contributed by atoms with Crippen molar-refractivity contribution >= 4 is 24.1 Å². The first-order valence-corrected chi connectivity index (χ1v) is 8.62. The second-order valence-corrected chi connectivity index (χ2v) is 6.37. The van der Waals surface area contributed by atoms with Crippen LogP contribution in [0.15, 0.2) is 0 Å². The van der Waals surface area contributed by atoms with Gasteiger partial charge in [0.15, 0.2) is 0 Å². The Kier molecular flexibility index (Phi) is 12.2. The van der Waals surface area contributed by atoms with Crippen molar-refractivity contribution in [3.8, 4) is 0 Å². The Morgan fingerprint density at radius 2 is 1.77 bits per heavy atom. The summed E-state index contributed by atoms with van der Waals surface area (Å²) in [5, 5.41) is 0.734. The lowest BCUT2D eigenvalue weighted by Crippen LogP contribution is -2.39. The molecule has 26 heavy (non-hydrogen) atoms. The number of ether oxygens (including phenoxy) is 2. The van der Waals surface area contributed by atoms with Gasteiger partial charge in [-0.15, -0.1) is 0 Å². The number of hydrogen-bond donors (Lipinski definition) is 1. The van der Waals surface area contributed by atoms with E-state index in [1.807, 2.05) is 13.8 Å². The first kappa shape index (κ1) is 24.0. The summed E-state index contributed by atoms with van der Waals surface area (Å²) in [7, 11) is 1.25. The number of amides is 1. The highest BCUT2D eigenvalue weighted by Crippen LogP contribution is 2.04. The van der Waals surface area contributed by atoms with Crippen LogP contribution in [-0.2, 0) is 33.5 Å². The van der Waals surface area contributed by atoms with Crippen molar-refractivity contribution < 1.29 is 33.5 Å². The van der Waals surface area contributed by atoms with Crippen molar-refractivity contribution in [1.29, 1.82) is 0 Å². The van der Waals surface area contributed by atoms with E-state index in [0.717, 1.165) is 5.06 Å². The molecule has 9 nitrogen and oxygen atoms in total. The second-order valence-electron chi connectivity index (χ2n) is 6.37. The smallest absolute Gasteiger partial charge is 0.349 e. The van der Waals surface area contributed by atoms with Crippen LogP contribution in [0.2, 0.25) is 0 Å². The predicted octanol–water partition coefficient (Wildman–Crippen LogP) is 0.594. The molecule has 150 valence electrons. The summed E-state index contributed by atoms with van der Waals surface area (Å²) in [6.07, 6.45) is 0.320. The van der Waals surface area contributed by atoms with Gasteiger partial charge in [0.1, 0.15) is 18.9 Å². The lowest BCUT2D eigenvalue weighted by molar-refractivity contribution is -0.194. The van der Waals surface area contributed by atoms with Crippen LogP contribution in [0.4, 0.5) is 0 Å². The monoisotopic (exact) mass is 374 g/mol. The summed E-state index contributed by atoms with van der Waals surface area (Å²) in [6, 6.07) is -1.07. The summed E-state index contributed by atoms with van der Waals surface area (Å²) < 4.78 is 10.5. The standard InChI is InChI=1S/C17H30N2O7/c1-12(2)10-24-13(3)11-25-16(22)8-7-14(18)17(23)26-19(4)15(21)6-5-9-20/h9,12-14H,5-8,10-11,18H2,1-4H3. The van der Waals surface area contributed by atoms with Crippen LogP contribution in [0.5, 0.6) is 0 Å². The van der Waals surface area contributed by atoms with Crippen LogP contribution in [0.25, 0.3) is 0 Å². The van der Waals surface area contributed by atoms with Crippen LogP contribution in [0, 0.1) is 5.92 Å². The van der Waals surface area contributed by atoms with E-state index in [1.54, 1.807) is 6.92 Å². The zero-order valence-electron chi connectivity index (χ0n) is 15.9. The maximum Gasteiger partial charge on any atom is 0.349 e. The van der Waals surface area contributed by atoms with Crippen LogP contribution < -0.4 is 5.73 Å². The molecule has 2 N–H and O–H groups in total. The normalized spacial score (nSPS) is 13.0. The molecule has 2 unspecified atom stereocenters. The van der Waals surface area contributed by atoms with E-state index in [4.69, 9.17) is 20.0 Å². The third-order valence-corrected chi connectivity index (χ3v) is 3.21. The van der Waals surface area contributed by atoms with Gasteiger partial charge in [0.25, 0.3) is 5.91 Å². The average Bonchev–Trinajstić information content (AvgIpc) is 2.60.